The molecule has 0 aromatic heterocycles. The second-order valence-electron chi connectivity index (χ2n) is 8.86. The number of fused-ring (bicyclic) bond motifs is 1. The second-order valence-corrected chi connectivity index (χ2v) is 8.86. The Labute approximate surface area is 157 Å². The van der Waals surface area contributed by atoms with E-state index in [0.717, 1.165) is 51.9 Å². The third-order valence-electron chi connectivity index (χ3n) is 7.01. The van der Waals surface area contributed by atoms with E-state index in [9.17, 15) is 4.79 Å². The monoisotopic (exact) mass is 356 g/mol. The molecule has 2 fully saturated rings. The second kappa shape index (κ2) is 7.32. The van der Waals surface area contributed by atoms with Crippen molar-refractivity contribution in [1.82, 2.24) is 9.80 Å². The van der Waals surface area contributed by atoms with E-state index in [4.69, 9.17) is 4.74 Å². The van der Waals surface area contributed by atoms with E-state index in [2.05, 4.69) is 41.1 Å². The van der Waals surface area contributed by atoms with Gasteiger partial charge in [0.25, 0.3) is 0 Å². The van der Waals surface area contributed by atoms with Crippen molar-refractivity contribution in [3.05, 3.63) is 35.4 Å². The lowest BCUT2D eigenvalue weighted by molar-refractivity contribution is -0.134. The van der Waals surface area contributed by atoms with Crippen molar-refractivity contribution in [2.45, 2.75) is 44.6 Å². The van der Waals surface area contributed by atoms with Crippen molar-refractivity contribution in [3.63, 3.8) is 0 Å². The maximum Gasteiger partial charge on any atom is 0.222 e. The summed E-state index contributed by atoms with van der Waals surface area (Å²) in [6, 6.07) is 9.21. The summed E-state index contributed by atoms with van der Waals surface area (Å²) in [4.78, 5) is 17.4. The lowest BCUT2D eigenvalue weighted by atomic mass is 9.76. The number of ether oxygens (including phenoxy) is 1. The molecule has 2 saturated heterocycles. The van der Waals surface area contributed by atoms with E-state index in [1.165, 1.54) is 17.5 Å². The van der Waals surface area contributed by atoms with Gasteiger partial charge in [0.05, 0.1) is 6.61 Å². The Morgan fingerprint density at radius 3 is 2.46 bits per heavy atom. The highest BCUT2D eigenvalue weighted by Gasteiger charge is 2.44. The first-order valence-corrected chi connectivity index (χ1v) is 10.1. The maximum atomic E-state index is 12.8. The first-order valence-electron chi connectivity index (χ1n) is 10.1. The first-order chi connectivity index (χ1) is 12.6. The molecule has 1 aliphatic carbocycles. The molecule has 4 rings (SSSR count). The van der Waals surface area contributed by atoms with Crippen molar-refractivity contribution in [2.75, 3.05) is 40.4 Å². The largest absolute Gasteiger partial charge is 0.383 e. The minimum Gasteiger partial charge on any atom is -0.383 e. The Hall–Kier alpha value is -1.39. The summed E-state index contributed by atoms with van der Waals surface area (Å²) in [6.07, 6.45) is 6.37. The molecule has 2 aliphatic heterocycles. The molecule has 1 unspecified atom stereocenters. The molecule has 1 spiro atoms. The average Bonchev–Trinajstić information content (AvgIpc) is 3.16. The van der Waals surface area contributed by atoms with Crippen LogP contribution in [0.5, 0.6) is 0 Å². The Kier molecular flexibility index (Phi) is 5.07. The van der Waals surface area contributed by atoms with E-state index in [-0.39, 0.29) is 0 Å². The number of rotatable bonds is 4. The van der Waals surface area contributed by atoms with Crippen molar-refractivity contribution >= 4 is 5.91 Å². The van der Waals surface area contributed by atoms with Crippen LogP contribution in [0.2, 0.25) is 0 Å². The summed E-state index contributed by atoms with van der Waals surface area (Å²) >= 11 is 0. The average molecular weight is 357 g/mol. The minimum atomic E-state index is 0.373. The standard InChI is InChI=1S/C22H32N2O2/c1-23-16-22(14-20(23)15-26-2)7-9-24(10-8-22)21(25)13-17-11-18-5-3-4-6-19(18)12-17/h3-6,17,20H,7-16H2,1-2H3. The molecule has 1 amide bonds. The van der Waals surface area contributed by atoms with Gasteiger partial charge in [-0.15, -0.1) is 0 Å². The van der Waals surface area contributed by atoms with Gasteiger partial charge in [0, 0.05) is 39.2 Å². The number of carbonyl (C=O) groups is 1. The molecule has 4 heteroatoms. The molecule has 0 radical (unpaired) electrons. The normalized spacial score (nSPS) is 25.8. The molecule has 1 aromatic rings. The highest BCUT2D eigenvalue weighted by molar-refractivity contribution is 5.76. The number of piperidine rings is 1. The number of nitrogens with zero attached hydrogens (tertiary/aromatic N) is 2. The molecule has 2 heterocycles. The number of carbonyl (C=O) groups excluding carboxylic acids is 1. The van der Waals surface area contributed by atoms with Gasteiger partial charge in [-0.25, -0.2) is 0 Å². The number of methoxy groups -OCH3 is 1. The van der Waals surface area contributed by atoms with Crippen LogP contribution in [-0.4, -0.2) is 62.1 Å². The fraction of sp³-hybridized carbons (Fsp3) is 0.682. The van der Waals surface area contributed by atoms with Gasteiger partial charge in [0.1, 0.15) is 0 Å². The van der Waals surface area contributed by atoms with Crippen LogP contribution in [0.1, 0.15) is 36.8 Å². The lowest BCUT2D eigenvalue weighted by Crippen LogP contribution is -2.44. The Morgan fingerprint density at radius 2 is 1.85 bits per heavy atom. The molecule has 0 bridgehead atoms. The van der Waals surface area contributed by atoms with Crippen molar-refractivity contribution < 1.29 is 9.53 Å². The van der Waals surface area contributed by atoms with E-state index in [0.29, 0.717) is 29.7 Å². The SMILES string of the molecule is COCC1CC2(CCN(C(=O)CC3Cc4ccccc4C3)CC2)CN1C. The van der Waals surface area contributed by atoms with Gasteiger partial charge in [-0.05, 0) is 61.6 Å². The summed E-state index contributed by atoms with van der Waals surface area (Å²) < 4.78 is 5.38. The first kappa shape index (κ1) is 18.0. The van der Waals surface area contributed by atoms with Crippen LogP contribution in [0.15, 0.2) is 24.3 Å². The third kappa shape index (κ3) is 3.54. The van der Waals surface area contributed by atoms with Gasteiger partial charge in [-0.2, -0.15) is 0 Å². The Bertz CT molecular complexity index is 626. The summed E-state index contributed by atoms with van der Waals surface area (Å²) in [5.41, 5.74) is 3.29. The van der Waals surface area contributed by atoms with Gasteiger partial charge in [-0.1, -0.05) is 24.3 Å². The Balaban J connectivity index is 1.28. The van der Waals surface area contributed by atoms with Crippen molar-refractivity contribution in [1.29, 1.82) is 0 Å². The lowest BCUT2D eigenvalue weighted by Gasteiger charge is -2.39. The molecular formula is C22H32N2O2. The van der Waals surface area contributed by atoms with E-state index in [1.54, 1.807) is 7.11 Å². The molecule has 1 aromatic carbocycles. The Morgan fingerprint density at radius 1 is 1.19 bits per heavy atom. The predicted octanol–water partition coefficient (Wildman–Crippen LogP) is 2.75. The van der Waals surface area contributed by atoms with Crippen LogP contribution in [0.25, 0.3) is 0 Å². The van der Waals surface area contributed by atoms with Crippen LogP contribution < -0.4 is 0 Å². The van der Waals surface area contributed by atoms with E-state index < -0.39 is 0 Å². The zero-order chi connectivity index (χ0) is 18.1. The smallest absolute Gasteiger partial charge is 0.222 e. The summed E-state index contributed by atoms with van der Waals surface area (Å²) in [6.45, 7) is 3.85. The van der Waals surface area contributed by atoms with Crippen molar-refractivity contribution in [2.24, 2.45) is 11.3 Å². The zero-order valence-electron chi connectivity index (χ0n) is 16.2. The number of amides is 1. The molecule has 142 valence electrons. The highest BCUT2D eigenvalue weighted by Crippen LogP contribution is 2.43. The van der Waals surface area contributed by atoms with Gasteiger partial charge in [-0.3, -0.25) is 4.79 Å². The van der Waals surface area contributed by atoms with Gasteiger partial charge in [0.2, 0.25) is 5.91 Å². The molecule has 26 heavy (non-hydrogen) atoms. The number of hydrogen-bond acceptors (Lipinski definition) is 3. The van der Waals surface area contributed by atoms with Gasteiger partial charge >= 0.3 is 0 Å². The topological polar surface area (TPSA) is 32.8 Å². The van der Waals surface area contributed by atoms with Crippen molar-refractivity contribution in [3.8, 4) is 0 Å². The van der Waals surface area contributed by atoms with E-state index >= 15 is 0 Å². The number of likely N-dealkylation sites (N-methyl/N-ethyl adjacent to an activating group) is 1. The fourth-order valence-electron chi connectivity index (χ4n) is 5.52. The molecule has 0 saturated carbocycles. The molecule has 4 nitrogen and oxygen atoms in total. The number of hydrogen-bond donors (Lipinski definition) is 0. The maximum absolute atomic E-state index is 12.8. The van der Waals surface area contributed by atoms with E-state index in [1.807, 2.05) is 0 Å². The summed E-state index contributed by atoms with van der Waals surface area (Å²) in [5.74, 6) is 0.872. The summed E-state index contributed by atoms with van der Waals surface area (Å²) in [5, 5.41) is 0. The molecule has 0 N–H and O–H groups in total. The van der Waals surface area contributed by atoms with Gasteiger partial charge in [0.15, 0.2) is 0 Å². The van der Waals surface area contributed by atoms with Crippen LogP contribution in [0.4, 0.5) is 0 Å². The van der Waals surface area contributed by atoms with Gasteiger partial charge < -0.3 is 14.5 Å². The fourth-order valence-corrected chi connectivity index (χ4v) is 5.52. The van der Waals surface area contributed by atoms with Crippen LogP contribution in [0, 0.1) is 11.3 Å². The quantitative estimate of drug-likeness (QED) is 0.832. The molecular weight excluding hydrogens is 324 g/mol. The molecule has 1 atom stereocenters. The minimum absolute atomic E-state index is 0.373. The van der Waals surface area contributed by atoms with Crippen LogP contribution >= 0.6 is 0 Å². The summed E-state index contributed by atoms with van der Waals surface area (Å²) in [7, 11) is 4.01. The number of benzene rings is 1. The zero-order valence-corrected chi connectivity index (χ0v) is 16.2. The molecule has 3 aliphatic rings. The predicted molar refractivity (Wildman–Crippen MR) is 103 cm³/mol. The number of likely N-dealkylation sites (tertiary alicyclic amines) is 2. The van der Waals surface area contributed by atoms with Crippen LogP contribution in [0.3, 0.4) is 0 Å². The van der Waals surface area contributed by atoms with Crippen LogP contribution in [-0.2, 0) is 22.4 Å². The third-order valence-corrected chi connectivity index (χ3v) is 7.01. The highest BCUT2D eigenvalue weighted by atomic mass is 16.5.